The summed E-state index contributed by atoms with van der Waals surface area (Å²) in [4.78, 5) is 21.2. The third-order valence-corrected chi connectivity index (χ3v) is 7.52. The molecule has 0 unspecified atom stereocenters. The number of rotatable bonds is 9. The van der Waals surface area contributed by atoms with Crippen LogP contribution in [0.2, 0.25) is 0 Å². The average Bonchev–Trinajstić information content (AvgIpc) is 3.25. The molecule has 170 valence electrons. The molecule has 0 N–H and O–H groups in total. The van der Waals surface area contributed by atoms with Crippen molar-refractivity contribution in [2.75, 3.05) is 17.8 Å². The molecule has 0 saturated heterocycles. The van der Waals surface area contributed by atoms with Crippen LogP contribution < -0.4 is 9.64 Å². The summed E-state index contributed by atoms with van der Waals surface area (Å²) < 4.78 is 6.34. The van der Waals surface area contributed by atoms with Gasteiger partial charge in [0.05, 0.1) is 23.9 Å². The van der Waals surface area contributed by atoms with Crippen molar-refractivity contribution in [3.05, 3.63) is 83.4 Å². The zero-order chi connectivity index (χ0) is 23.2. The number of thioether (sulfide) groups is 1. The fourth-order valence-electron chi connectivity index (χ4n) is 3.72. The molecule has 3 aromatic carbocycles. The van der Waals surface area contributed by atoms with Crippen LogP contribution in [0.4, 0.5) is 5.13 Å². The molecule has 0 atom stereocenters. The summed E-state index contributed by atoms with van der Waals surface area (Å²) >= 11 is 3.36. The van der Waals surface area contributed by atoms with Crippen molar-refractivity contribution in [3.8, 4) is 5.75 Å². The molecule has 1 heterocycles. The van der Waals surface area contributed by atoms with Gasteiger partial charge in [0, 0.05) is 11.3 Å². The summed E-state index contributed by atoms with van der Waals surface area (Å²) in [7, 11) is 1.67. The fraction of sp³-hybridized carbons (Fsp3) is 0.259. The second kappa shape index (κ2) is 10.9. The number of methoxy groups -OCH3 is 1. The van der Waals surface area contributed by atoms with Gasteiger partial charge in [-0.1, -0.05) is 47.7 Å². The standard InChI is InChI=1S/C27H28N2O2S2/c1-19-16-20(2)26-24(17-19)33-27(28-26)29(18-21-8-5-4-6-9-21)25(30)10-7-15-32-23-13-11-22(31-3)12-14-23/h4-6,8-9,11-14,16-17H,7,10,15,18H2,1-3H3. The predicted molar refractivity (Wildman–Crippen MR) is 140 cm³/mol. The summed E-state index contributed by atoms with van der Waals surface area (Å²) in [6.07, 6.45) is 1.30. The zero-order valence-electron chi connectivity index (χ0n) is 19.2. The minimum absolute atomic E-state index is 0.114. The molecule has 4 nitrogen and oxygen atoms in total. The van der Waals surface area contributed by atoms with E-state index in [4.69, 9.17) is 9.72 Å². The molecular formula is C27H28N2O2S2. The fourth-order valence-corrected chi connectivity index (χ4v) is 5.73. The first-order valence-electron chi connectivity index (χ1n) is 11.0. The molecule has 0 fully saturated rings. The number of fused-ring (bicyclic) bond motifs is 1. The molecule has 1 amide bonds. The van der Waals surface area contributed by atoms with Crippen molar-refractivity contribution in [2.24, 2.45) is 0 Å². The zero-order valence-corrected chi connectivity index (χ0v) is 20.8. The van der Waals surface area contributed by atoms with Crippen molar-refractivity contribution < 1.29 is 9.53 Å². The number of amides is 1. The van der Waals surface area contributed by atoms with Crippen LogP contribution in [-0.4, -0.2) is 23.8 Å². The second-order valence-electron chi connectivity index (χ2n) is 8.02. The summed E-state index contributed by atoms with van der Waals surface area (Å²) in [5.74, 6) is 1.85. The molecule has 33 heavy (non-hydrogen) atoms. The van der Waals surface area contributed by atoms with Gasteiger partial charge in [-0.2, -0.15) is 0 Å². The SMILES string of the molecule is COc1ccc(SCCCC(=O)N(Cc2ccccc2)c2nc3c(C)cc(C)cc3s2)cc1. The smallest absolute Gasteiger partial charge is 0.229 e. The monoisotopic (exact) mass is 476 g/mol. The Bertz CT molecular complexity index is 1220. The Balaban J connectivity index is 1.47. The summed E-state index contributed by atoms with van der Waals surface area (Å²) in [5.41, 5.74) is 4.45. The molecule has 0 bridgehead atoms. The Labute approximate surface area is 203 Å². The lowest BCUT2D eigenvalue weighted by Crippen LogP contribution is -2.30. The minimum atomic E-state index is 0.114. The number of benzene rings is 3. The third kappa shape index (κ3) is 5.95. The van der Waals surface area contributed by atoms with Crippen LogP contribution in [0, 0.1) is 13.8 Å². The summed E-state index contributed by atoms with van der Waals surface area (Å²) in [6, 6.07) is 22.5. The van der Waals surface area contributed by atoms with Crippen molar-refractivity contribution in [3.63, 3.8) is 0 Å². The Morgan fingerprint density at radius 2 is 1.82 bits per heavy atom. The van der Waals surface area contributed by atoms with Gasteiger partial charge in [0.15, 0.2) is 5.13 Å². The van der Waals surface area contributed by atoms with Gasteiger partial charge in [-0.05, 0) is 73.0 Å². The molecule has 4 aromatic rings. The minimum Gasteiger partial charge on any atom is -0.497 e. The van der Waals surface area contributed by atoms with E-state index in [9.17, 15) is 4.79 Å². The molecular weight excluding hydrogens is 448 g/mol. The maximum absolute atomic E-state index is 13.3. The molecule has 0 aliphatic rings. The number of thiazole rings is 1. The number of ether oxygens (including phenoxy) is 1. The van der Waals surface area contributed by atoms with E-state index in [1.165, 1.54) is 10.5 Å². The second-order valence-corrected chi connectivity index (χ2v) is 10.2. The lowest BCUT2D eigenvalue weighted by Gasteiger charge is -2.20. The van der Waals surface area contributed by atoms with E-state index in [-0.39, 0.29) is 5.91 Å². The van der Waals surface area contributed by atoms with Gasteiger partial charge in [-0.3, -0.25) is 9.69 Å². The van der Waals surface area contributed by atoms with E-state index in [1.54, 1.807) is 30.2 Å². The molecule has 6 heteroatoms. The van der Waals surface area contributed by atoms with E-state index in [0.29, 0.717) is 13.0 Å². The van der Waals surface area contributed by atoms with Gasteiger partial charge in [0.25, 0.3) is 0 Å². The van der Waals surface area contributed by atoms with Crippen LogP contribution >= 0.6 is 23.1 Å². The maximum Gasteiger partial charge on any atom is 0.229 e. The van der Waals surface area contributed by atoms with Crippen LogP contribution in [0.15, 0.2) is 71.6 Å². The molecule has 0 aliphatic carbocycles. The Kier molecular flexibility index (Phi) is 7.68. The first-order valence-corrected chi connectivity index (χ1v) is 12.8. The molecule has 0 spiro atoms. The van der Waals surface area contributed by atoms with E-state index in [1.807, 2.05) is 35.2 Å². The van der Waals surface area contributed by atoms with Gasteiger partial charge >= 0.3 is 0 Å². The van der Waals surface area contributed by atoms with Gasteiger partial charge in [-0.15, -0.1) is 11.8 Å². The van der Waals surface area contributed by atoms with E-state index in [0.717, 1.165) is 44.4 Å². The van der Waals surface area contributed by atoms with Gasteiger partial charge in [-0.25, -0.2) is 4.98 Å². The highest BCUT2D eigenvalue weighted by Gasteiger charge is 2.20. The Morgan fingerprint density at radius 1 is 1.06 bits per heavy atom. The Hall–Kier alpha value is -2.83. The van der Waals surface area contributed by atoms with Crippen molar-refractivity contribution in [1.82, 2.24) is 4.98 Å². The summed E-state index contributed by atoms with van der Waals surface area (Å²) in [6.45, 7) is 4.71. The van der Waals surface area contributed by atoms with Crippen LogP contribution in [0.1, 0.15) is 29.5 Å². The topological polar surface area (TPSA) is 42.4 Å². The number of anilines is 1. The predicted octanol–water partition coefficient (Wildman–Crippen LogP) is 7.03. The highest BCUT2D eigenvalue weighted by atomic mass is 32.2. The van der Waals surface area contributed by atoms with E-state index < -0.39 is 0 Å². The lowest BCUT2D eigenvalue weighted by molar-refractivity contribution is -0.118. The average molecular weight is 477 g/mol. The van der Waals surface area contributed by atoms with Crippen LogP contribution in [-0.2, 0) is 11.3 Å². The van der Waals surface area contributed by atoms with Crippen LogP contribution in [0.3, 0.4) is 0 Å². The van der Waals surface area contributed by atoms with Crippen LogP contribution in [0.25, 0.3) is 10.2 Å². The molecule has 4 rings (SSSR count). The highest BCUT2D eigenvalue weighted by Crippen LogP contribution is 2.33. The number of hydrogen-bond acceptors (Lipinski definition) is 5. The van der Waals surface area contributed by atoms with Gasteiger partial charge in [0.1, 0.15) is 5.75 Å². The number of nitrogens with zero attached hydrogens (tertiary/aromatic N) is 2. The largest absolute Gasteiger partial charge is 0.497 e. The number of hydrogen-bond donors (Lipinski definition) is 0. The quantitative estimate of drug-likeness (QED) is 0.192. The number of aryl methyl sites for hydroxylation is 2. The van der Waals surface area contributed by atoms with Crippen LogP contribution in [0.5, 0.6) is 5.75 Å². The molecule has 0 saturated carbocycles. The first-order chi connectivity index (χ1) is 16.0. The molecule has 0 radical (unpaired) electrons. The van der Waals surface area contributed by atoms with Gasteiger partial charge in [0.2, 0.25) is 5.91 Å². The van der Waals surface area contributed by atoms with E-state index >= 15 is 0 Å². The number of aromatic nitrogens is 1. The lowest BCUT2D eigenvalue weighted by atomic mass is 10.1. The maximum atomic E-state index is 13.3. The highest BCUT2D eigenvalue weighted by molar-refractivity contribution is 7.99. The summed E-state index contributed by atoms with van der Waals surface area (Å²) in [5, 5.41) is 0.773. The van der Waals surface area contributed by atoms with Crippen molar-refractivity contribution in [1.29, 1.82) is 0 Å². The number of carbonyl (C=O) groups excluding carboxylic acids is 1. The third-order valence-electron chi connectivity index (χ3n) is 5.40. The van der Waals surface area contributed by atoms with Crippen molar-refractivity contribution in [2.45, 2.75) is 38.1 Å². The Morgan fingerprint density at radius 3 is 2.55 bits per heavy atom. The normalized spacial score (nSPS) is 11.0. The number of carbonyl (C=O) groups is 1. The van der Waals surface area contributed by atoms with E-state index in [2.05, 4.69) is 50.2 Å². The molecule has 1 aromatic heterocycles. The first kappa shape index (κ1) is 23.3. The van der Waals surface area contributed by atoms with Gasteiger partial charge < -0.3 is 4.74 Å². The van der Waals surface area contributed by atoms with Crippen molar-refractivity contribution >= 4 is 44.4 Å². The molecule has 0 aliphatic heterocycles.